The Morgan fingerprint density at radius 1 is 1.53 bits per heavy atom. The first-order valence-corrected chi connectivity index (χ1v) is 6.97. The molecule has 0 fully saturated rings. The van der Waals surface area contributed by atoms with Gasteiger partial charge in [0.2, 0.25) is 10.0 Å². The van der Waals surface area contributed by atoms with Crippen LogP contribution in [0.5, 0.6) is 0 Å². The van der Waals surface area contributed by atoms with Crippen LogP contribution >= 0.6 is 0 Å². The molecule has 0 spiro atoms. The lowest BCUT2D eigenvalue weighted by Crippen LogP contribution is -2.31. The molecule has 0 saturated heterocycles. The van der Waals surface area contributed by atoms with Crippen LogP contribution in [-0.2, 0) is 16.6 Å². The number of H-pyrrole nitrogens is 1. The van der Waals surface area contributed by atoms with Gasteiger partial charge >= 0.3 is 0 Å². The largest absolute Gasteiger partial charge is 0.468 e. The molecule has 2 rings (SSSR count). The second-order valence-corrected chi connectivity index (χ2v) is 5.70. The Kier molecular flexibility index (Phi) is 3.99. The van der Waals surface area contributed by atoms with E-state index >= 15 is 0 Å². The van der Waals surface area contributed by atoms with Crippen LogP contribution in [0.25, 0.3) is 0 Å². The number of nitrogens with one attached hydrogen (secondary N) is 1. The van der Waals surface area contributed by atoms with Crippen LogP contribution in [0.4, 0.5) is 0 Å². The van der Waals surface area contributed by atoms with Crippen LogP contribution in [-0.4, -0.2) is 29.5 Å². The lowest BCUT2D eigenvalue weighted by atomic mass is 10.4. The molecule has 2 heterocycles. The minimum absolute atomic E-state index is 0.0667. The summed E-state index contributed by atoms with van der Waals surface area (Å²) in [7, 11) is -3.68. The van der Waals surface area contributed by atoms with Crippen molar-refractivity contribution < 1.29 is 12.8 Å². The summed E-state index contributed by atoms with van der Waals surface area (Å²) >= 11 is 0. The van der Waals surface area contributed by atoms with Gasteiger partial charge < -0.3 is 4.42 Å². The highest BCUT2D eigenvalue weighted by Crippen LogP contribution is 2.17. The Hall–Kier alpha value is -2.11. The molecule has 0 saturated carbocycles. The molecule has 0 unspecified atom stereocenters. The normalized spacial score (nSPS) is 11.6. The van der Waals surface area contributed by atoms with Gasteiger partial charge in [-0.3, -0.25) is 5.10 Å². The molecule has 7 nitrogen and oxygen atoms in total. The predicted molar refractivity (Wildman–Crippen MR) is 65.1 cm³/mol. The van der Waals surface area contributed by atoms with Crippen molar-refractivity contribution in [3.05, 3.63) is 36.5 Å². The summed E-state index contributed by atoms with van der Waals surface area (Å²) in [5, 5.41) is 14.7. The van der Waals surface area contributed by atoms with E-state index in [1.165, 1.54) is 23.0 Å². The van der Waals surface area contributed by atoms with E-state index in [2.05, 4.69) is 10.2 Å². The maximum Gasteiger partial charge on any atom is 0.246 e. The molecule has 2 aromatic rings. The third kappa shape index (κ3) is 3.01. The SMILES string of the molecule is N#CCCN(Cc1ccco1)S(=O)(=O)c1cn[nH]c1. The van der Waals surface area contributed by atoms with Crippen LogP contribution in [0, 0.1) is 11.3 Å². The van der Waals surface area contributed by atoms with Crippen molar-refractivity contribution in [3.8, 4) is 6.07 Å². The summed E-state index contributed by atoms with van der Waals surface area (Å²) in [6.45, 7) is 0.187. The van der Waals surface area contributed by atoms with Gasteiger partial charge in [0.1, 0.15) is 10.7 Å². The summed E-state index contributed by atoms with van der Waals surface area (Å²) in [4.78, 5) is 0.0667. The molecule has 1 N–H and O–H groups in total. The minimum atomic E-state index is -3.68. The number of aromatic nitrogens is 2. The zero-order valence-corrected chi connectivity index (χ0v) is 10.8. The second-order valence-electron chi connectivity index (χ2n) is 3.76. The van der Waals surface area contributed by atoms with Crippen molar-refractivity contribution >= 4 is 10.0 Å². The molecule has 0 atom stereocenters. The van der Waals surface area contributed by atoms with Gasteiger partial charge in [0, 0.05) is 19.2 Å². The fourth-order valence-electron chi connectivity index (χ4n) is 1.56. The number of hydrogen-bond acceptors (Lipinski definition) is 5. The second kappa shape index (κ2) is 5.69. The number of hydrogen-bond donors (Lipinski definition) is 1. The maximum absolute atomic E-state index is 12.3. The Bertz CT molecular complexity index is 641. The molecule has 8 heteroatoms. The molecule has 0 bridgehead atoms. The first-order chi connectivity index (χ1) is 9.14. The van der Waals surface area contributed by atoms with Crippen molar-refractivity contribution in [1.29, 1.82) is 5.26 Å². The lowest BCUT2D eigenvalue weighted by molar-refractivity contribution is 0.368. The molecule has 0 radical (unpaired) electrons. The fourth-order valence-corrected chi connectivity index (χ4v) is 2.88. The Morgan fingerprint density at radius 2 is 2.37 bits per heavy atom. The van der Waals surface area contributed by atoms with E-state index in [1.807, 2.05) is 6.07 Å². The number of sulfonamides is 1. The summed E-state index contributed by atoms with van der Waals surface area (Å²) in [5.41, 5.74) is 0. The van der Waals surface area contributed by atoms with Crippen LogP contribution < -0.4 is 0 Å². The average Bonchev–Trinajstić information content (AvgIpc) is 3.06. The van der Waals surface area contributed by atoms with Gasteiger partial charge in [0.15, 0.2) is 0 Å². The standard InChI is InChI=1S/C11H12N4O3S/c12-4-2-5-15(9-10-3-1-6-18-10)19(16,17)11-7-13-14-8-11/h1,3,6-8H,2,5,9H2,(H,13,14). The number of nitriles is 1. The maximum atomic E-state index is 12.3. The quantitative estimate of drug-likeness (QED) is 0.853. The molecule has 19 heavy (non-hydrogen) atoms. The number of rotatable bonds is 6. The van der Waals surface area contributed by atoms with E-state index in [9.17, 15) is 8.42 Å². The van der Waals surface area contributed by atoms with Crippen LogP contribution in [0.2, 0.25) is 0 Å². The van der Waals surface area contributed by atoms with Gasteiger partial charge in [-0.1, -0.05) is 0 Å². The van der Waals surface area contributed by atoms with Crippen LogP contribution in [0.1, 0.15) is 12.2 Å². The average molecular weight is 280 g/mol. The first-order valence-electron chi connectivity index (χ1n) is 5.53. The molecule has 100 valence electrons. The zero-order chi connectivity index (χ0) is 13.7. The summed E-state index contributed by atoms with van der Waals surface area (Å²) < 4.78 is 31.0. The summed E-state index contributed by atoms with van der Waals surface area (Å²) in [6.07, 6.45) is 4.12. The van der Waals surface area contributed by atoms with E-state index in [0.717, 1.165) is 0 Å². The van der Waals surface area contributed by atoms with E-state index in [4.69, 9.17) is 9.68 Å². The van der Waals surface area contributed by atoms with Crippen molar-refractivity contribution in [1.82, 2.24) is 14.5 Å². The van der Waals surface area contributed by atoms with Gasteiger partial charge in [-0.15, -0.1) is 0 Å². The molecule has 0 amide bonds. The number of furan rings is 1. The van der Waals surface area contributed by atoms with Crippen molar-refractivity contribution in [3.63, 3.8) is 0 Å². The predicted octanol–water partition coefficient (Wildman–Crippen LogP) is 1.11. The van der Waals surface area contributed by atoms with Crippen molar-refractivity contribution in [2.24, 2.45) is 0 Å². The number of nitrogens with zero attached hydrogens (tertiary/aromatic N) is 3. The van der Waals surface area contributed by atoms with Crippen molar-refractivity contribution in [2.75, 3.05) is 6.54 Å². The van der Waals surface area contributed by atoms with Gasteiger partial charge in [-0.05, 0) is 12.1 Å². The van der Waals surface area contributed by atoms with E-state index < -0.39 is 10.0 Å². The fraction of sp³-hybridized carbons (Fsp3) is 0.273. The molecule has 2 aromatic heterocycles. The molecule has 0 aliphatic carbocycles. The Balaban J connectivity index is 2.25. The number of aromatic amines is 1. The monoisotopic (exact) mass is 280 g/mol. The summed E-state index contributed by atoms with van der Waals surface area (Å²) in [6, 6.07) is 5.30. The Morgan fingerprint density at radius 3 is 2.95 bits per heavy atom. The van der Waals surface area contributed by atoms with Gasteiger partial charge in [-0.25, -0.2) is 8.42 Å². The van der Waals surface area contributed by atoms with Crippen LogP contribution in [0.3, 0.4) is 0 Å². The topological polar surface area (TPSA) is 103 Å². The smallest absolute Gasteiger partial charge is 0.246 e. The van der Waals surface area contributed by atoms with Gasteiger partial charge in [-0.2, -0.15) is 14.7 Å². The van der Waals surface area contributed by atoms with E-state index in [1.54, 1.807) is 12.1 Å². The molecule has 0 aliphatic heterocycles. The summed E-state index contributed by atoms with van der Waals surface area (Å²) in [5.74, 6) is 0.519. The molecular formula is C11H12N4O3S. The Labute approximate surface area is 110 Å². The van der Waals surface area contributed by atoms with Gasteiger partial charge in [0.25, 0.3) is 0 Å². The first kappa shape index (κ1) is 13.3. The third-order valence-corrected chi connectivity index (χ3v) is 4.31. The molecule has 0 aromatic carbocycles. The van der Waals surface area contributed by atoms with E-state index in [0.29, 0.717) is 5.76 Å². The molecule has 0 aliphatic rings. The van der Waals surface area contributed by atoms with Crippen molar-refractivity contribution in [2.45, 2.75) is 17.9 Å². The molecular weight excluding hydrogens is 268 g/mol. The lowest BCUT2D eigenvalue weighted by Gasteiger charge is -2.18. The third-order valence-electron chi connectivity index (χ3n) is 2.50. The van der Waals surface area contributed by atoms with Crippen LogP contribution in [0.15, 0.2) is 40.1 Å². The van der Waals surface area contributed by atoms with E-state index in [-0.39, 0.29) is 24.4 Å². The van der Waals surface area contributed by atoms with Gasteiger partial charge in [0.05, 0.1) is 25.1 Å². The highest BCUT2D eigenvalue weighted by molar-refractivity contribution is 7.89. The highest BCUT2D eigenvalue weighted by Gasteiger charge is 2.26. The zero-order valence-electron chi connectivity index (χ0n) is 9.98. The highest BCUT2D eigenvalue weighted by atomic mass is 32.2. The minimum Gasteiger partial charge on any atom is -0.468 e.